The number of nitrogens with one attached hydrogen (secondary N) is 2. The lowest BCUT2D eigenvalue weighted by Gasteiger charge is -2.12. The van der Waals surface area contributed by atoms with Crippen molar-refractivity contribution in [3.8, 4) is 0 Å². The van der Waals surface area contributed by atoms with Gasteiger partial charge in [-0.05, 0) is 18.2 Å². The van der Waals surface area contributed by atoms with Crippen LogP contribution in [0.4, 0.5) is 18.9 Å². The Balaban J connectivity index is 2.07. The molecule has 0 saturated carbocycles. The molecule has 2 aromatic rings. The molecule has 1 aromatic carbocycles. The van der Waals surface area contributed by atoms with E-state index in [1.165, 1.54) is 0 Å². The summed E-state index contributed by atoms with van der Waals surface area (Å²) in [6.07, 6.45) is 0.766. The number of alkyl halides is 3. The minimum atomic E-state index is -5.89. The topological polar surface area (TPSA) is 165 Å². The molecule has 0 saturated heterocycles. The van der Waals surface area contributed by atoms with Gasteiger partial charge in [0.25, 0.3) is 21.4 Å². The highest BCUT2D eigenvalue weighted by Crippen LogP contribution is 2.30. The zero-order valence-corrected chi connectivity index (χ0v) is 16.8. The van der Waals surface area contributed by atoms with Crippen LogP contribution in [0.5, 0.6) is 0 Å². The normalized spacial score (nSPS) is 12.4. The first-order chi connectivity index (χ1) is 14.3. The fourth-order valence-electron chi connectivity index (χ4n) is 2.19. The third-order valence-corrected chi connectivity index (χ3v) is 6.52. The van der Waals surface area contributed by atoms with E-state index >= 15 is 0 Å². The summed E-state index contributed by atoms with van der Waals surface area (Å²) in [6.45, 7) is -0.883. The van der Waals surface area contributed by atoms with Gasteiger partial charge in [0.15, 0.2) is 5.03 Å². The van der Waals surface area contributed by atoms with E-state index in [0.717, 1.165) is 42.6 Å². The molecule has 0 spiro atoms. The smallest absolute Gasteiger partial charge is 0.351 e. The number of carbonyl (C=O) groups excluding carboxylic acids is 1. The molecule has 0 aliphatic rings. The average Bonchev–Trinajstić information content (AvgIpc) is 2.70. The van der Waals surface area contributed by atoms with E-state index in [9.17, 15) is 44.9 Å². The van der Waals surface area contributed by atoms with Crippen LogP contribution in [0.2, 0.25) is 0 Å². The number of carbonyl (C=O) groups is 1. The Morgan fingerprint density at radius 3 is 2.39 bits per heavy atom. The number of halogens is 3. The van der Waals surface area contributed by atoms with E-state index in [-0.39, 0.29) is 0 Å². The van der Waals surface area contributed by atoms with Gasteiger partial charge in [-0.25, -0.2) is 26.5 Å². The van der Waals surface area contributed by atoms with Crippen molar-refractivity contribution in [2.24, 2.45) is 0 Å². The van der Waals surface area contributed by atoms with Crippen molar-refractivity contribution in [1.82, 2.24) is 15.0 Å². The maximum absolute atomic E-state index is 12.8. The molecule has 0 unspecified atom stereocenters. The summed E-state index contributed by atoms with van der Waals surface area (Å²) in [6, 6.07) is 6.01. The summed E-state index contributed by atoms with van der Waals surface area (Å²) in [7, 11) is -10.1. The van der Waals surface area contributed by atoms with Crippen LogP contribution in [0.1, 0.15) is 10.4 Å². The summed E-state index contributed by atoms with van der Waals surface area (Å²) >= 11 is 0. The summed E-state index contributed by atoms with van der Waals surface area (Å²) in [4.78, 5) is 24.8. The van der Waals surface area contributed by atoms with Crippen molar-refractivity contribution in [3.05, 3.63) is 58.3 Å². The van der Waals surface area contributed by atoms with E-state index in [0.29, 0.717) is 0 Å². The molecular weight excluding hydrogens is 469 g/mol. The Morgan fingerprint density at radius 1 is 1.10 bits per heavy atom. The molecule has 0 radical (unpaired) electrons. The molecule has 16 heteroatoms. The van der Waals surface area contributed by atoms with Crippen LogP contribution in [0.25, 0.3) is 0 Å². The summed E-state index contributed by atoms with van der Waals surface area (Å²) in [5.41, 5.74) is -7.02. The summed E-state index contributed by atoms with van der Waals surface area (Å²) < 4.78 is 87.8. The van der Waals surface area contributed by atoms with Crippen molar-refractivity contribution >= 4 is 31.5 Å². The Labute approximate surface area is 173 Å². The van der Waals surface area contributed by atoms with Gasteiger partial charge < -0.3 is 5.32 Å². The van der Waals surface area contributed by atoms with E-state index in [4.69, 9.17) is 0 Å². The van der Waals surface area contributed by atoms with Crippen LogP contribution in [0.3, 0.4) is 0 Å². The highest BCUT2D eigenvalue weighted by atomic mass is 32.2. The number of sulfonamides is 1. The molecule has 168 valence electrons. The first-order valence-corrected chi connectivity index (χ1v) is 11.0. The van der Waals surface area contributed by atoms with E-state index in [1.807, 2.05) is 4.72 Å². The highest BCUT2D eigenvalue weighted by Gasteiger charge is 2.49. The molecule has 0 aliphatic heterocycles. The largest absolute Gasteiger partial charge is 0.503 e. The molecule has 1 aromatic heterocycles. The standard InChI is InChI=1S/C15H13F3N4O7S2/c16-15(17,18)30(26,27)14-12(5-2-6-20-14)13(23)19-7-8-21-31(28,29)11-4-1-3-10(9-11)22(24)25/h1-6,9,21H,7-8H2,(H,19,23). The molecular formula is C15H13F3N4O7S2. The second kappa shape index (κ2) is 8.94. The van der Waals surface area contributed by atoms with E-state index in [2.05, 4.69) is 10.3 Å². The van der Waals surface area contributed by atoms with E-state index in [1.54, 1.807) is 0 Å². The highest BCUT2D eigenvalue weighted by molar-refractivity contribution is 7.92. The monoisotopic (exact) mass is 482 g/mol. The van der Waals surface area contributed by atoms with Gasteiger partial charge in [-0.15, -0.1) is 0 Å². The minimum Gasteiger partial charge on any atom is -0.351 e. The molecule has 0 bridgehead atoms. The lowest BCUT2D eigenvalue weighted by Crippen LogP contribution is -2.36. The number of non-ortho nitro benzene ring substituents is 1. The van der Waals surface area contributed by atoms with Gasteiger partial charge in [0, 0.05) is 31.4 Å². The Kier molecular flexibility index (Phi) is 6.97. The number of benzene rings is 1. The zero-order valence-electron chi connectivity index (χ0n) is 15.2. The lowest BCUT2D eigenvalue weighted by atomic mass is 10.2. The average molecular weight is 482 g/mol. The Bertz CT molecular complexity index is 1220. The van der Waals surface area contributed by atoms with Crippen LogP contribution in [-0.4, -0.2) is 51.2 Å². The quantitative estimate of drug-likeness (QED) is 0.319. The molecule has 0 aliphatic carbocycles. The number of hydrogen-bond donors (Lipinski definition) is 2. The van der Waals surface area contributed by atoms with Crippen molar-refractivity contribution in [2.45, 2.75) is 15.4 Å². The molecule has 11 nitrogen and oxygen atoms in total. The zero-order chi connectivity index (χ0) is 23.4. The van der Waals surface area contributed by atoms with Gasteiger partial charge >= 0.3 is 5.51 Å². The van der Waals surface area contributed by atoms with Crippen molar-refractivity contribution < 1.29 is 39.7 Å². The number of aromatic nitrogens is 1. The van der Waals surface area contributed by atoms with E-state index < -0.39 is 70.5 Å². The SMILES string of the molecule is O=C(NCCNS(=O)(=O)c1cccc([N+](=O)[O-])c1)c1cccnc1S(=O)(=O)C(F)(F)F. The van der Waals surface area contributed by atoms with Crippen molar-refractivity contribution in [2.75, 3.05) is 13.1 Å². The molecule has 2 N–H and O–H groups in total. The number of nitro benzene ring substituents is 1. The molecule has 0 fully saturated rings. The predicted molar refractivity (Wildman–Crippen MR) is 98.1 cm³/mol. The second-order valence-electron chi connectivity index (χ2n) is 5.71. The van der Waals surface area contributed by atoms with Crippen LogP contribution < -0.4 is 10.0 Å². The van der Waals surface area contributed by atoms with Crippen LogP contribution in [-0.2, 0) is 19.9 Å². The molecule has 31 heavy (non-hydrogen) atoms. The van der Waals surface area contributed by atoms with Gasteiger partial charge in [0.2, 0.25) is 10.0 Å². The Morgan fingerprint density at radius 2 is 1.77 bits per heavy atom. The van der Waals surface area contributed by atoms with Gasteiger partial charge in [-0.2, -0.15) is 13.2 Å². The van der Waals surface area contributed by atoms with Crippen LogP contribution >= 0.6 is 0 Å². The van der Waals surface area contributed by atoms with Gasteiger partial charge in [0.05, 0.1) is 15.4 Å². The third-order valence-electron chi connectivity index (χ3n) is 3.62. The second-order valence-corrected chi connectivity index (χ2v) is 9.34. The maximum Gasteiger partial charge on any atom is 0.503 e. The Hall–Kier alpha value is -3.11. The molecule has 0 atom stereocenters. The van der Waals surface area contributed by atoms with Gasteiger partial charge in [-0.1, -0.05) is 6.07 Å². The van der Waals surface area contributed by atoms with Gasteiger partial charge in [0.1, 0.15) is 0 Å². The number of nitro groups is 1. The fraction of sp³-hybridized carbons (Fsp3) is 0.200. The number of rotatable bonds is 8. The molecule has 1 amide bonds. The fourth-order valence-corrected chi connectivity index (χ4v) is 4.13. The third kappa shape index (κ3) is 5.53. The summed E-state index contributed by atoms with van der Waals surface area (Å²) in [5, 5.41) is 11.3. The minimum absolute atomic E-state index is 0.418. The van der Waals surface area contributed by atoms with Crippen molar-refractivity contribution in [1.29, 1.82) is 0 Å². The number of hydrogen-bond acceptors (Lipinski definition) is 8. The van der Waals surface area contributed by atoms with Crippen molar-refractivity contribution in [3.63, 3.8) is 0 Å². The first-order valence-electron chi connectivity index (χ1n) is 8.06. The molecule has 1 heterocycles. The number of amides is 1. The van der Waals surface area contributed by atoms with Gasteiger partial charge in [-0.3, -0.25) is 14.9 Å². The predicted octanol–water partition coefficient (Wildman–Crippen LogP) is 0.992. The molecule has 2 rings (SSSR count). The van der Waals surface area contributed by atoms with Crippen LogP contribution in [0, 0.1) is 10.1 Å². The first kappa shape index (κ1) is 24.2. The van der Waals surface area contributed by atoms with Crippen LogP contribution in [0.15, 0.2) is 52.5 Å². The number of pyridine rings is 1. The lowest BCUT2D eigenvalue weighted by molar-refractivity contribution is -0.385. The summed E-state index contributed by atoms with van der Waals surface area (Å²) in [5.74, 6) is -1.23. The maximum atomic E-state index is 12.8. The number of sulfone groups is 1. The number of nitrogens with zero attached hydrogens (tertiary/aromatic N) is 2.